The number of hydrogen-bond donors (Lipinski definition) is 3. The molecule has 0 bridgehead atoms. The van der Waals surface area contributed by atoms with Crippen LogP contribution in [0.25, 0.3) is 0 Å². The zero-order valence-electron chi connectivity index (χ0n) is 15.2. The standard InChI is InChI=1S/C17H28N2O5S/c1-5-13(4)19-25(22,23)14-7-8-16(15(11-14)17(20)21)18-9-6-10-24-12(2)3/h7-8,11-13,18-19H,5-6,9-10H2,1-4H3,(H,20,21)/t13-/m0/s1. The lowest BCUT2D eigenvalue weighted by Crippen LogP contribution is -2.32. The first-order chi connectivity index (χ1) is 11.7. The van der Waals surface area contributed by atoms with Crippen LogP contribution in [0.4, 0.5) is 5.69 Å². The minimum atomic E-state index is -3.74. The monoisotopic (exact) mass is 372 g/mol. The molecule has 0 aliphatic heterocycles. The number of hydrogen-bond acceptors (Lipinski definition) is 5. The van der Waals surface area contributed by atoms with Crippen LogP contribution in [0.1, 0.15) is 50.9 Å². The number of sulfonamides is 1. The topological polar surface area (TPSA) is 105 Å². The lowest BCUT2D eigenvalue weighted by atomic mass is 10.2. The van der Waals surface area contributed by atoms with Gasteiger partial charge in [-0.2, -0.15) is 0 Å². The van der Waals surface area contributed by atoms with Crippen molar-refractivity contribution in [2.24, 2.45) is 0 Å². The largest absolute Gasteiger partial charge is 0.478 e. The van der Waals surface area contributed by atoms with E-state index in [1.165, 1.54) is 18.2 Å². The molecule has 0 saturated heterocycles. The SMILES string of the molecule is CC[C@H](C)NS(=O)(=O)c1ccc(NCCCOC(C)C)c(C(=O)O)c1. The van der Waals surface area contributed by atoms with E-state index < -0.39 is 16.0 Å². The summed E-state index contributed by atoms with van der Waals surface area (Å²) in [4.78, 5) is 11.4. The molecule has 0 aromatic heterocycles. The summed E-state index contributed by atoms with van der Waals surface area (Å²) >= 11 is 0. The molecule has 142 valence electrons. The molecule has 0 radical (unpaired) electrons. The van der Waals surface area contributed by atoms with Gasteiger partial charge in [-0.25, -0.2) is 17.9 Å². The van der Waals surface area contributed by atoms with E-state index in [2.05, 4.69) is 10.0 Å². The average Bonchev–Trinajstić information content (AvgIpc) is 2.53. The van der Waals surface area contributed by atoms with E-state index in [-0.39, 0.29) is 22.6 Å². The molecule has 0 amide bonds. The smallest absolute Gasteiger partial charge is 0.337 e. The van der Waals surface area contributed by atoms with Crippen LogP contribution in [0.2, 0.25) is 0 Å². The summed E-state index contributed by atoms with van der Waals surface area (Å²) in [6.45, 7) is 8.62. The summed E-state index contributed by atoms with van der Waals surface area (Å²) in [6.07, 6.45) is 1.51. The van der Waals surface area contributed by atoms with Crippen molar-refractivity contribution in [3.05, 3.63) is 23.8 Å². The maximum absolute atomic E-state index is 12.3. The molecule has 1 aromatic carbocycles. The van der Waals surface area contributed by atoms with Crippen LogP contribution in [-0.4, -0.2) is 44.8 Å². The number of anilines is 1. The van der Waals surface area contributed by atoms with Gasteiger partial charge >= 0.3 is 5.97 Å². The molecule has 0 fully saturated rings. The number of rotatable bonds is 11. The second-order valence-electron chi connectivity index (χ2n) is 6.14. The van der Waals surface area contributed by atoms with Gasteiger partial charge in [-0.1, -0.05) is 6.92 Å². The molecule has 1 atom stereocenters. The maximum Gasteiger partial charge on any atom is 0.337 e. The van der Waals surface area contributed by atoms with Gasteiger partial charge in [0.1, 0.15) is 0 Å². The third-order valence-corrected chi connectivity index (χ3v) is 5.18. The minimum absolute atomic E-state index is 0.0566. The molecule has 0 aliphatic rings. The Kier molecular flexibility index (Phi) is 8.34. The number of benzene rings is 1. The number of carboxylic acid groups (broad SMARTS) is 1. The predicted octanol–water partition coefficient (Wildman–Crippen LogP) is 2.69. The van der Waals surface area contributed by atoms with Crippen LogP contribution in [0.5, 0.6) is 0 Å². The summed E-state index contributed by atoms with van der Waals surface area (Å²) in [5, 5.41) is 12.4. The second-order valence-corrected chi connectivity index (χ2v) is 7.86. The summed E-state index contributed by atoms with van der Waals surface area (Å²) in [5.41, 5.74) is 0.316. The van der Waals surface area contributed by atoms with E-state index in [0.29, 0.717) is 31.7 Å². The number of carboxylic acids is 1. The van der Waals surface area contributed by atoms with Crippen molar-refractivity contribution in [1.82, 2.24) is 4.72 Å². The fraction of sp³-hybridized carbons (Fsp3) is 0.588. The number of nitrogens with one attached hydrogen (secondary N) is 2. The van der Waals surface area contributed by atoms with E-state index in [1.54, 1.807) is 6.92 Å². The van der Waals surface area contributed by atoms with Crippen molar-refractivity contribution in [3.63, 3.8) is 0 Å². The first-order valence-corrected chi connectivity index (χ1v) is 9.90. The second kappa shape index (κ2) is 9.74. The highest BCUT2D eigenvalue weighted by atomic mass is 32.2. The van der Waals surface area contributed by atoms with Gasteiger partial charge in [0.2, 0.25) is 10.0 Å². The predicted molar refractivity (Wildman–Crippen MR) is 97.7 cm³/mol. The third-order valence-electron chi connectivity index (χ3n) is 3.59. The van der Waals surface area contributed by atoms with E-state index in [9.17, 15) is 18.3 Å². The van der Waals surface area contributed by atoms with Crippen molar-refractivity contribution in [1.29, 1.82) is 0 Å². The van der Waals surface area contributed by atoms with Crippen molar-refractivity contribution in [3.8, 4) is 0 Å². The lowest BCUT2D eigenvalue weighted by molar-refractivity contribution is 0.0697. The molecule has 0 heterocycles. The summed E-state index contributed by atoms with van der Waals surface area (Å²) in [7, 11) is -3.74. The molecule has 3 N–H and O–H groups in total. The molecule has 1 rings (SSSR count). The number of ether oxygens (including phenoxy) is 1. The van der Waals surface area contributed by atoms with Crippen LogP contribution in [-0.2, 0) is 14.8 Å². The fourth-order valence-electron chi connectivity index (χ4n) is 2.05. The molecule has 0 spiro atoms. The van der Waals surface area contributed by atoms with Crippen molar-refractivity contribution in [2.75, 3.05) is 18.5 Å². The Morgan fingerprint density at radius 2 is 1.96 bits per heavy atom. The molecule has 25 heavy (non-hydrogen) atoms. The minimum Gasteiger partial charge on any atom is -0.478 e. The van der Waals surface area contributed by atoms with Crippen molar-refractivity contribution >= 4 is 21.7 Å². The normalized spacial score (nSPS) is 13.0. The van der Waals surface area contributed by atoms with Gasteiger partial charge in [0.15, 0.2) is 0 Å². The summed E-state index contributed by atoms with van der Waals surface area (Å²) < 4.78 is 32.6. The fourth-order valence-corrected chi connectivity index (χ4v) is 3.40. The lowest BCUT2D eigenvalue weighted by Gasteiger charge is -2.15. The Balaban J connectivity index is 2.87. The quantitative estimate of drug-likeness (QED) is 0.516. The van der Waals surface area contributed by atoms with E-state index in [1.807, 2.05) is 20.8 Å². The van der Waals surface area contributed by atoms with Crippen LogP contribution >= 0.6 is 0 Å². The highest BCUT2D eigenvalue weighted by molar-refractivity contribution is 7.89. The Bertz CT molecular complexity index is 674. The summed E-state index contributed by atoms with van der Waals surface area (Å²) in [5.74, 6) is -1.18. The molecule has 1 aromatic rings. The molecule has 8 heteroatoms. The maximum atomic E-state index is 12.3. The first-order valence-electron chi connectivity index (χ1n) is 8.42. The zero-order chi connectivity index (χ0) is 19.0. The highest BCUT2D eigenvalue weighted by Crippen LogP contribution is 2.21. The Morgan fingerprint density at radius 1 is 1.28 bits per heavy atom. The van der Waals surface area contributed by atoms with Crippen molar-refractivity contribution < 1.29 is 23.1 Å². The molecular weight excluding hydrogens is 344 g/mol. The Hall–Kier alpha value is -1.64. The van der Waals surface area contributed by atoms with Crippen molar-refractivity contribution in [2.45, 2.75) is 57.6 Å². The van der Waals surface area contributed by atoms with Crippen LogP contribution in [0.3, 0.4) is 0 Å². The van der Waals surface area contributed by atoms with Gasteiger partial charge in [0.05, 0.1) is 16.6 Å². The molecule has 0 unspecified atom stereocenters. The van der Waals surface area contributed by atoms with Crippen LogP contribution in [0.15, 0.2) is 23.1 Å². The summed E-state index contributed by atoms with van der Waals surface area (Å²) in [6, 6.07) is 3.85. The van der Waals surface area contributed by atoms with E-state index >= 15 is 0 Å². The molecule has 7 nitrogen and oxygen atoms in total. The van der Waals surface area contributed by atoms with Crippen LogP contribution in [0, 0.1) is 0 Å². The van der Waals surface area contributed by atoms with Gasteiger partial charge in [-0.3, -0.25) is 0 Å². The Morgan fingerprint density at radius 3 is 2.52 bits per heavy atom. The highest BCUT2D eigenvalue weighted by Gasteiger charge is 2.20. The molecular formula is C17H28N2O5S. The first kappa shape index (κ1) is 21.4. The van der Waals surface area contributed by atoms with Gasteiger partial charge in [-0.15, -0.1) is 0 Å². The number of carbonyl (C=O) groups is 1. The van der Waals surface area contributed by atoms with Gasteiger partial charge in [0.25, 0.3) is 0 Å². The van der Waals surface area contributed by atoms with Gasteiger partial charge in [0, 0.05) is 24.9 Å². The molecule has 0 aliphatic carbocycles. The van der Waals surface area contributed by atoms with E-state index in [0.717, 1.165) is 0 Å². The van der Waals surface area contributed by atoms with Gasteiger partial charge in [-0.05, 0) is 51.8 Å². The number of aromatic carboxylic acids is 1. The van der Waals surface area contributed by atoms with E-state index in [4.69, 9.17) is 4.74 Å². The zero-order valence-corrected chi connectivity index (χ0v) is 16.0. The Labute approximate surface area is 149 Å². The third kappa shape index (κ3) is 7.01. The van der Waals surface area contributed by atoms with Gasteiger partial charge < -0.3 is 15.2 Å². The average molecular weight is 372 g/mol. The van der Waals surface area contributed by atoms with Crippen LogP contribution < -0.4 is 10.0 Å². The molecule has 0 saturated carbocycles.